The van der Waals surface area contributed by atoms with Crippen LogP contribution in [0.1, 0.15) is 259 Å². The number of aliphatic hydroxyl groups excluding tert-OH is 1. The fourth-order valence-electron chi connectivity index (χ4n) is 8.46. The van der Waals surface area contributed by atoms with Gasteiger partial charge >= 0.3 is 11.9 Å². The van der Waals surface area contributed by atoms with Crippen LogP contribution in [0, 0.1) is 5.92 Å². The van der Waals surface area contributed by atoms with Gasteiger partial charge in [-0.25, -0.2) is 0 Å². The van der Waals surface area contributed by atoms with E-state index in [0.29, 0.717) is 25.1 Å². The van der Waals surface area contributed by atoms with Crippen LogP contribution >= 0.6 is 0 Å². The van der Waals surface area contributed by atoms with Gasteiger partial charge in [-0.3, -0.25) is 14.4 Å². The summed E-state index contributed by atoms with van der Waals surface area (Å²) in [5.74, 6) is -0.197. The smallest absolute Gasteiger partial charge is 0.306 e. The highest BCUT2D eigenvalue weighted by atomic mass is 16.5. The monoisotopic (exact) mass is 847 g/mol. The van der Waals surface area contributed by atoms with Crippen LogP contribution in [0.3, 0.4) is 0 Å². The molecule has 0 amide bonds. The quantitative estimate of drug-likeness (QED) is 0.0461. The lowest BCUT2D eigenvalue weighted by Crippen LogP contribution is -2.38. The van der Waals surface area contributed by atoms with Crippen molar-refractivity contribution >= 4 is 17.7 Å². The molecule has 2 N–H and O–H groups in total. The lowest BCUT2D eigenvalue weighted by Gasteiger charge is -2.26. The van der Waals surface area contributed by atoms with Crippen molar-refractivity contribution in [3.05, 3.63) is 11.5 Å². The fourth-order valence-corrected chi connectivity index (χ4v) is 8.46. The van der Waals surface area contributed by atoms with Crippen LogP contribution in [0.5, 0.6) is 0 Å². The second-order valence-electron chi connectivity index (χ2n) is 18.3. The Balaban J connectivity index is 2.37. The van der Waals surface area contributed by atoms with E-state index < -0.39 is 0 Å². The lowest BCUT2D eigenvalue weighted by atomic mass is 9.89. The van der Waals surface area contributed by atoms with Gasteiger partial charge in [0.05, 0.1) is 5.92 Å². The van der Waals surface area contributed by atoms with Gasteiger partial charge in [0.2, 0.25) is 0 Å². The van der Waals surface area contributed by atoms with Gasteiger partial charge in [0.25, 0.3) is 0 Å². The second kappa shape index (κ2) is 39.7. The summed E-state index contributed by atoms with van der Waals surface area (Å²) >= 11 is 0. The van der Waals surface area contributed by atoms with Gasteiger partial charge in [0.15, 0.2) is 5.78 Å². The Hall–Kier alpha value is -2.09. The van der Waals surface area contributed by atoms with Crippen LogP contribution in [0.4, 0.5) is 0 Å². The number of rotatable bonds is 45. The molecule has 1 aliphatic carbocycles. The Morgan fingerprint density at radius 1 is 0.533 bits per heavy atom. The Morgan fingerprint density at radius 3 is 1.33 bits per heavy atom. The number of Topliss-reactive ketones (excluding diaryl/α,β-unsaturated/α-hetero) is 1. The molecule has 0 aliphatic heterocycles. The summed E-state index contributed by atoms with van der Waals surface area (Å²) in [5.41, 5.74) is 0.399. The van der Waals surface area contributed by atoms with Gasteiger partial charge in [0.1, 0.15) is 23.7 Å². The molecule has 8 nitrogen and oxygen atoms in total. The van der Waals surface area contributed by atoms with Crippen molar-refractivity contribution in [2.24, 2.45) is 5.92 Å². The zero-order chi connectivity index (χ0) is 43.9. The van der Waals surface area contributed by atoms with Crippen LogP contribution in [0.15, 0.2) is 11.5 Å². The standard InChI is InChI=1S/C52H98N2O6/c1-6-10-13-16-21-28-36-46(9-4)59-48(55)39-31-24-19-26-33-42-54(44-35-41-53-50-51(57)45(5)52(50)58)43-34-27-20-25-32-40-49(56)60-47(37-29-22-17-14-11-7-2)38-30-23-18-15-12-8-3/h45-47,53,57H,6-44H2,1-5H3. The Kier molecular flexibility index (Phi) is 37.0. The van der Waals surface area contributed by atoms with Crippen LogP contribution in [-0.4, -0.2) is 66.1 Å². The van der Waals surface area contributed by atoms with Gasteiger partial charge in [-0.15, -0.1) is 0 Å². The first-order valence-corrected chi connectivity index (χ1v) is 26.1. The van der Waals surface area contributed by atoms with Crippen molar-refractivity contribution in [2.45, 2.75) is 272 Å². The minimum atomic E-state index is -0.370. The number of esters is 2. The van der Waals surface area contributed by atoms with Crippen LogP contribution in [0.2, 0.25) is 0 Å². The highest BCUT2D eigenvalue weighted by Crippen LogP contribution is 2.26. The molecule has 8 heteroatoms. The third kappa shape index (κ3) is 30.0. The van der Waals surface area contributed by atoms with Crippen molar-refractivity contribution in [1.82, 2.24) is 10.2 Å². The van der Waals surface area contributed by atoms with Crippen LogP contribution in [0.25, 0.3) is 0 Å². The first-order valence-electron chi connectivity index (χ1n) is 26.1. The van der Waals surface area contributed by atoms with Gasteiger partial charge in [-0.05, 0) is 104 Å². The summed E-state index contributed by atoms with van der Waals surface area (Å²) < 4.78 is 11.9. The number of ketones is 1. The van der Waals surface area contributed by atoms with Gasteiger partial charge in [0, 0.05) is 19.4 Å². The van der Waals surface area contributed by atoms with E-state index in [1.54, 1.807) is 6.92 Å². The number of hydrogen-bond acceptors (Lipinski definition) is 8. The van der Waals surface area contributed by atoms with Crippen molar-refractivity contribution in [1.29, 1.82) is 0 Å². The molecule has 1 rings (SSSR count). The van der Waals surface area contributed by atoms with Gasteiger partial charge in [-0.2, -0.15) is 0 Å². The Bertz CT molecular complexity index is 1060. The predicted molar refractivity (Wildman–Crippen MR) is 252 cm³/mol. The number of ether oxygens (including phenoxy) is 2. The molecule has 0 bridgehead atoms. The molecule has 0 aromatic heterocycles. The number of allylic oxidation sites excluding steroid dienone is 2. The summed E-state index contributed by atoms with van der Waals surface area (Å²) in [5, 5.41) is 13.2. The zero-order valence-corrected chi connectivity index (χ0v) is 40.2. The van der Waals surface area contributed by atoms with E-state index in [4.69, 9.17) is 9.47 Å². The van der Waals surface area contributed by atoms with Crippen molar-refractivity contribution < 1.29 is 29.0 Å². The molecular weight excluding hydrogens is 749 g/mol. The van der Waals surface area contributed by atoms with Crippen molar-refractivity contribution in [2.75, 3.05) is 26.2 Å². The first kappa shape index (κ1) is 55.9. The van der Waals surface area contributed by atoms with Gasteiger partial charge < -0.3 is 24.8 Å². The molecule has 2 atom stereocenters. The number of nitrogens with zero attached hydrogens (tertiary/aromatic N) is 1. The molecule has 0 aromatic carbocycles. The lowest BCUT2D eigenvalue weighted by molar-refractivity contribution is -0.150. The summed E-state index contributed by atoms with van der Waals surface area (Å²) in [6.07, 6.45) is 39.7. The molecule has 0 saturated heterocycles. The molecule has 60 heavy (non-hydrogen) atoms. The second-order valence-corrected chi connectivity index (χ2v) is 18.3. The van der Waals surface area contributed by atoms with E-state index in [-0.39, 0.29) is 41.6 Å². The minimum absolute atomic E-state index is 0.00255. The molecule has 0 fully saturated rings. The zero-order valence-electron chi connectivity index (χ0n) is 40.2. The molecule has 1 aliphatic rings. The number of carbonyl (C=O) groups excluding carboxylic acids is 3. The minimum Gasteiger partial charge on any atom is -0.509 e. The van der Waals surface area contributed by atoms with Crippen LogP contribution in [-0.2, 0) is 23.9 Å². The number of aliphatic hydroxyl groups is 1. The molecule has 2 unspecified atom stereocenters. The predicted octanol–water partition coefficient (Wildman–Crippen LogP) is 14.4. The maximum absolute atomic E-state index is 12.9. The molecule has 352 valence electrons. The summed E-state index contributed by atoms with van der Waals surface area (Å²) in [4.78, 5) is 40.0. The van der Waals surface area contributed by atoms with E-state index in [2.05, 4.69) is 37.9 Å². The van der Waals surface area contributed by atoms with E-state index >= 15 is 0 Å². The fraction of sp³-hybridized carbons (Fsp3) is 0.904. The van der Waals surface area contributed by atoms with E-state index in [1.165, 1.54) is 109 Å². The molecule has 0 aromatic rings. The third-order valence-corrected chi connectivity index (χ3v) is 12.7. The Labute approximate surface area is 370 Å². The van der Waals surface area contributed by atoms with Crippen molar-refractivity contribution in [3.63, 3.8) is 0 Å². The summed E-state index contributed by atoms with van der Waals surface area (Å²) in [7, 11) is 0. The SMILES string of the molecule is CCCCCCCCC(CC)OC(=O)CCCCCCCN(CCCCCCCC(=O)OC(CCCCCCCC)CCCCCCCC)CCCNC1=C(O)C(C)C1=O. The molecule has 0 spiro atoms. The topological polar surface area (TPSA) is 105 Å². The normalized spacial score (nSPS) is 14.6. The van der Waals surface area contributed by atoms with E-state index in [9.17, 15) is 19.5 Å². The molecular formula is C52H98N2O6. The largest absolute Gasteiger partial charge is 0.509 e. The number of hydrogen-bond donors (Lipinski definition) is 2. The molecule has 0 saturated carbocycles. The highest BCUT2D eigenvalue weighted by Gasteiger charge is 2.35. The van der Waals surface area contributed by atoms with Crippen LogP contribution < -0.4 is 5.32 Å². The van der Waals surface area contributed by atoms with E-state index in [1.807, 2.05) is 0 Å². The average molecular weight is 847 g/mol. The molecule has 0 radical (unpaired) electrons. The number of unbranched alkanes of at least 4 members (excludes halogenated alkanes) is 23. The third-order valence-electron chi connectivity index (χ3n) is 12.7. The Morgan fingerprint density at radius 2 is 0.900 bits per heavy atom. The summed E-state index contributed by atoms with van der Waals surface area (Å²) in [6.45, 7) is 14.4. The number of nitrogens with one attached hydrogen (secondary N) is 1. The van der Waals surface area contributed by atoms with Gasteiger partial charge in [-0.1, -0.05) is 163 Å². The van der Waals surface area contributed by atoms with E-state index in [0.717, 1.165) is 122 Å². The molecule has 0 heterocycles. The first-order chi connectivity index (χ1) is 29.3. The average Bonchev–Trinajstić information content (AvgIpc) is 3.25. The highest BCUT2D eigenvalue weighted by molar-refractivity contribution is 6.05. The summed E-state index contributed by atoms with van der Waals surface area (Å²) in [6, 6.07) is 0. The maximum atomic E-state index is 12.9. The maximum Gasteiger partial charge on any atom is 0.306 e. The van der Waals surface area contributed by atoms with Crippen molar-refractivity contribution in [3.8, 4) is 0 Å². The number of carbonyl (C=O) groups is 3.